The van der Waals surface area contributed by atoms with Crippen molar-refractivity contribution >= 4 is 22.4 Å². The predicted molar refractivity (Wildman–Crippen MR) is 97.3 cm³/mol. The summed E-state index contributed by atoms with van der Waals surface area (Å²) in [6.07, 6.45) is 0. The van der Waals surface area contributed by atoms with Crippen molar-refractivity contribution in [3.8, 4) is 0 Å². The van der Waals surface area contributed by atoms with Crippen LogP contribution in [0.1, 0.15) is 33.6 Å². The number of aromatic nitrogens is 1. The first kappa shape index (κ1) is 17.9. The van der Waals surface area contributed by atoms with Crippen LogP contribution in [0.2, 0.25) is 0 Å². The Morgan fingerprint density at radius 2 is 2.12 bits per heavy atom. The van der Waals surface area contributed by atoms with Crippen LogP contribution in [-0.2, 0) is 4.74 Å². The van der Waals surface area contributed by atoms with E-state index in [1.165, 1.54) is 11.5 Å². The fourth-order valence-electron chi connectivity index (χ4n) is 3.02. The molecule has 1 aliphatic heterocycles. The topological polar surface area (TPSA) is 79.6 Å². The number of amides is 1. The van der Waals surface area contributed by atoms with Crippen molar-refractivity contribution in [3.63, 3.8) is 0 Å². The molecular weight excluding hydrogens is 340 g/mol. The van der Waals surface area contributed by atoms with Gasteiger partial charge in [0.1, 0.15) is 16.5 Å². The smallest absolute Gasteiger partial charge is 0.256 e. The van der Waals surface area contributed by atoms with Gasteiger partial charge >= 0.3 is 0 Å². The third kappa shape index (κ3) is 4.02. The minimum absolute atomic E-state index is 0.00788. The lowest BCUT2D eigenvalue weighted by Gasteiger charge is -2.33. The number of nitrogens with one attached hydrogen (secondary N) is 2. The number of rotatable bonds is 6. The zero-order valence-electron chi connectivity index (χ0n) is 14.8. The van der Waals surface area contributed by atoms with E-state index in [2.05, 4.69) is 19.9 Å². The van der Waals surface area contributed by atoms with Crippen LogP contribution in [-0.4, -0.2) is 55.1 Å². The number of aryl methyl sites for hydroxylation is 2. The average molecular weight is 364 g/mol. The largest absolute Gasteiger partial charge is 0.465 e. The van der Waals surface area contributed by atoms with Crippen molar-refractivity contribution in [3.05, 3.63) is 34.9 Å². The van der Waals surface area contributed by atoms with Crippen molar-refractivity contribution in [2.24, 2.45) is 0 Å². The molecule has 2 N–H and O–H groups in total. The monoisotopic (exact) mass is 364 g/mol. The maximum Gasteiger partial charge on any atom is 0.256 e. The van der Waals surface area contributed by atoms with Crippen molar-refractivity contribution < 1.29 is 13.9 Å². The molecule has 2 aromatic heterocycles. The molecule has 0 radical (unpaired) electrons. The number of hydrogen-bond acceptors (Lipinski definition) is 7. The third-order valence-corrected chi connectivity index (χ3v) is 5.30. The predicted octanol–water partition coefficient (Wildman–Crippen LogP) is 2.20. The van der Waals surface area contributed by atoms with Crippen molar-refractivity contribution in [2.45, 2.75) is 19.9 Å². The van der Waals surface area contributed by atoms with Crippen LogP contribution in [0.25, 0.3) is 0 Å². The number of furan rings is 1. The Morgan fingerprint density at radius 1 is 1.36 bits per heavy atom. The van der Waals surface area contributed by atoms with Gasteiger partial charge in [-0.1, -0.05) is 0 Å². The van der Waals surface area contributed by atoms with Crippen LogP contribution in [0.15, 0.2) is 16.5 Å². The van der Waals surface area contributed by atoms with E-state index in [1.807, 2.05) is 26.0 Å². The second-order valence-electron chi connectivity index (χ2n) is 6.04. The fraction of sp³-hybridized carbons (Fsp3) is 0.529. The van der Waals surface area contributed by atoms with Gasteiger partial charge in [0.15, 0.2) is 0 Å². The molecule has 8 heteroatoms. The zero-order chi connectivity index (χ0) is 17.8. The minimum Gasteiger partial charge on any atom is -0.465 e. The van der Waals surface area contributed by atoms with Gasteiger partial charge in [0.2, 0.25) is 0 Å². The second-order valence-corrected chi connectivity index (χ2v) is 6.82. The summed E-state index contributed by atoms with van der Waals surface area (Å²) in [7, 11) is 1.80. The Balaban J connectivity index is 1.74. The summed E-state index contributed by atoms with van der Waals surface area (Å²) in [4.78, 5) is 15.0. The highest BCUT2D eigenvalue weighted by Gasteiger charge is 2.27. The summed E-state index contributed by atoms with van der Waals surface area (Å²) in [6, 6.07) is 3.93. The van der Waals surface area contributed by atoms with Gasteiger partial charge in [-0.3, -0.25) is 9.69 Å². The van der Waals surface area contributed by atoms with Gasteiger partial charge in [-0.05, 0) is 37.5 Å². The first-order chi connectivity index (χ1) is 12.1. The summed E-state index contributed by atoms with van der Waals surface area (Å²) in [5.74, 6) is 1.63. The Kier molecular flexibility index (Phi) is 5.72. The molecule has 25 heavy (non-hydrogen) atoms. The van der Waals surface area contributed by atoms with Gasteiger partial charge in [0.25, 0.3) is 5.91 Å². The molecule has 0 aliphatic carbocycles. The lowest BCUT2D eigenvalue weighted by atomic mass is 10.1. The molecular formula is C17H24N4O3S. The maximum atomic E-state index is 12.7. The van der Waals surface area contributed by atoms with E-state index in [1.54, 1.807) is 7.05 Å². The molecule has 1 atom stereocenters. The molecule has 0 saturated carbocycles. The van der Waals surface area contributed by atoms with Crippen molar-refractivity contribution in [2.75, 3.05) is 45.2 Å². The van der Waals surface area contributed by atoms with Crippen LogP contribution in [0, 0.1) is 13.8 Å². The molecule has 1 amide bonds. The van der Waals surface area contributed by atoms with Crippen LogP contribution in [0.4, 0.5) is 5.00 Å². The Hall–Kier alpha value is -1.90. The summed E-state index contributed by atoms with van der Waals surface area (Å²) >= 11 is 1.30. The van der Waals surface area contributed by atoms with Gasteiger partial charge in [-0.25, -0.2) is 0 Å². The molecule has 0 bridgehead atoms. The SMILES string of the molecule is CNc1snc(C)c1C(=O)NCC(c1ccc(C)o1)N1CCOCC1. The van der Waals surface area contributed by atoms with Gasteiger partial charge in [-0.2, -0.15) is 4.37 Å². The lowest BCUT2D eigenvalue weighted by Crippen LogP contribution is -2.43. The molecule has 3 heterocycles. The van der Waals surface area contributed by atoms with E-state index in [9.17, 15) is 4.79 Å². The highest BCUT2D eigenvalue weighted by molar-refractivity contribution is 7.10. The van der Waals surface area contributed by atoms with E-state index >= 15 is 0 Å². The van der Waals surface area contributed by atoms with E-state index in [0.717, 1.165) is 35.3 Å². The molecule has 0 aromatic carbocycles. The second kappa shape index (κ2) is 7.99. The minimum atomic E-state index is -0.114. The lowest BCUT2D eigenvalue weighted by molar-refractivity contribution is 0.0117. The zero-order valence-corrected chi connectivity index (χ0v) is 15.6. The summed E-state index contributed by atoms with van der Waals surface area (Å²) < 4.78 is 15.5. The van der Waals surface area contributed by atoms with Crippen LogP contribution in [0.5, 0.6) is 0 Å². The van der Waals surface area contributed by atoms with Crippen molar-refractivity contribution in [1.29, 1.82) is 0 Å². The normalized spacial score (nSPS) is 16.6. The van der Waals surface area contributed by atoms with E-state index < -0.39 is 0 Å². The fourth-order valence-corrected chi connectivity index (χ4v) is 3.76. The van der Waals surface area contributed by atoms with Crippen LogP contribution < -0.4 is 10.6 Å². The average Bonchev–Trinajstić information content (AvgIpc) is 3.21. The van der Waals surface area contributed by atoms with E-state index in [-0.39, 0.29) is 11.9 Å². The van der Waals surface area contributed by atoms with E-state index in [0.29, 0.717) is 25.3 Å². The molecule has 136 valence electrons. The first-order valence-corrected chi connectivity index (χ1v) is 9.18. The van der Waals surface area contributed by atoms with Crippen molar-refractivity contribution in [1.82, 2.24) is 14.6 Å². The third-order valence-electron chi connectivity index (χ3n) is 4.35. The highest BCUT2D eigenvalue weighted by atomic mass is 32.1. The molecule has 1 fully saturated rings. The number of carbonyl (C=O) groups excluding carboxylic acids is 1. The Labute approximate surface area is 151 Å². The maximum absolute atomic E-state index is 12.7. The van der Waals surface area contributed by atoms with Gasteiger partial charge in [-0.15, -0.1) is 0 Å². The highest BCUT2D eigenvalue weighted by Crippen LogP contribution is 2.26. The molecule has 1 saturated heterocycles. The van der Waals surface area contributed by atoms with Gasteiger partial charge in [0.05, 0.1) is 30.5 Å². The molecule has 7 nitrogen and oxygen atoms in total. The van der Waals surface area contributed by atoms with Gasteiger partial charge in [0, 0.05) is 26.7 Å². The Morgan fingerprint density at radius 3 is 2.76 bits per heavy atom. The summed E-state index contributed by atoms with van der Waals surface area (Å²) in [5, 5.41) is 6.87. The number of hydrogen-bond donors (Lipinski definition) is 2. The van der Waals surface area contributed by atoms with Crippen LogP contribution >= 0.6 is 11.5 Å². The first-order valence-electron chi connectivity index (χ1n) is 8.40. The van der Waals surface area contributed by atoms with E-state index in [4.69, 9.17) is 9.15 Å². The summed E-state index contributed by atoms with van der Waals surface area (Å²) in [6.45, 7) is 7.29. The number of carbonyl (C=O) groups is 1. The molecule has 0 spiro atoms. The van der Waals surface area contributed by atoms with Gasteiger partial charge < -0.3 is 19.8 Å². The molecule has 3 rings (SSSR count). The number of anilines is 1. The molecule has 2 aromatic rings. The quantitative estimate of drug-likeness (QED) is 0.818. The molecule has 1 aliphatic rings. The number of morpholine rings is 1. The Bertz CT molecular complexity index is 721. The molecule has 1 unspecified atom stereocenters. The summed E-state index contributed by atoms with van der Waals surface area (Å²) in [5.41, 5.74) is 1.35. The number of ether oxygens (including phenoxy) is 1. The standard InChI is InChI=1S/C17H24N4O3S/c1-11-4-5-14(24-11)13(21-6-8-23-9-7-21)10-19-16(22)15-12(2)20-25-17(15)18-3/h4-5,13,18H,6-10H2,1-3H3,(H,19,22). The van der Waals surface area contributed by atoms with Crippen LogP contribution in [0.3, 0.4) is 0 Å². The number of nitrogens with zero attached hydrogens (tertiary/aromatic N) is 2.